The first kappa shape index (κ1) is 14.2. The molecule has 1 aliphatic rings. The number of rotatable bonds is 4. The fraction of sp³-hybridized carbons (Fsp3) is 0.571. The maximum absolute atomic E-state index is 6.00. The van der Waals surface area contributed by atoms with Gasteiger partial charge in [-0.15, -0.1) is 11.6 Å². The molecule has 0 N–H and O–H groups in total. The van der Waals surface area contributed by atoms with E-state index in [1.807, 2.05) is 6.07 Å². The highest BCUT2D eigenvalue weighted by molar-refractivity contribution is 9.10. The summed E-state index contributed by atoms with van der Waals surface area (Å²) in [7, 11) is 2.11. The van der Waals surface area contributed by atoms with Crippen molar-refractivity contribution in [1.82, 2.24) is 0 Å². The largest absolute Gasteiger partial charge is 0.376 e. The minimum Gasteiger partial charge on any atom is -0.376 e. The van der Waals surface area contributed by atoms with E-state index in [4.69, 9.17) is 16.3 Å². The average molecular weight is 333 g/mol. The van der Waals surface area contributed by atoms with Gasteiger partial charge < -0.3 is 9.64 Å². The van der Waals surface area contributed by atoms with E-state index >= 15 is 0 Å². The highest BCUT2D eigenvalue weighted by atomic mass is 79.9. The molecular formula is C14H19BrClNO. The number of benzene rings is 1. The maximum atomic E-state index is 6.00. The Labute approximate surface area is 122 Å². The zero-order valence-corrected chi connectivity index (χ0v) is 13.0. The second kappa shape index (κ2) is 6.78. The normalized spacial score (nSPS) is 19.8. The molecule has 18 heavy (non-hydrogen) atoms. The zero-order chi connectivity index (χ0) is 13.0. The monoisotopic (exact) mass is 331 g/mol. The first-order chi connectivity index (χ1) is 8.70. The molecular weight excluding hydrogens is 314 g/mol. The Hall–Kier alpha value is -0.250. The van der Waals surface area contributed by atoms with Crippen molar-refractivity contribution in [2.24, 2.45) is 0 Å². The minimum absolute atomic E-state index is 0.353. The summed E-state index contributed by atoms with van der Waals surface area (Å²) < 4.78 is 6.87. The molecule has 4 heteroatoms. The van der Waals surface area contributed by atoms with Crippen molar-refractivity contribution in [2.75, 3.05) is 25.1 Å². The van der Waals surface area contributed by atoms with Crippen LogP contribution in [0.1, 0.15) is 24.8 Å². The first-order valence-corrected chi connectivity index (χ1v) is 7.70. The number of anilines is 1. The summed E-state index contributed by atoms with van der Waals surface area (Å²) in [6, 6.07) is 6.23. The predicted octanol–water partition coefficient (Wildman–Crippen LogP) is 4.19. The summed E-state index contributed by atoms with van der Waals surface area (Å²) >= 11 is 9.52. The molecule has 0 aliphatic carbocycles. The summed E-state index contributed by atoms with van der Waals surface area (Å²) in [4.78, 5) is 2.25. The Morgan fingerprint density at radius 1 is 1.44 bits per heavy atom. The Bertz CT molecular complexity index is 393. The molecule has 1 aromatic carbocycles. The van der Waals surface area contributed by atoms with Crippen LogP contribution in [0.3, 0.4) is 0 Å². The van der Waals surface area contributed by atoms with E-state index < -0.39 is 0 Å². The van der Waals surface area contributed by atoms with Crippen LogP contribution >= 0.6 is 27.5 Å². The van der Waals surface area contributed by atoms with Gasteiger partial charge in [0.2, 0.25) is 0 Å². The summed E-state index contributed by atoms with van der Waals surface area (Å²) in [6.45, 7) is 1.83. The molecule has 1 aliphatic heterocycles. The van der Waals surface area contributed by atoms with Crippen molar-refractivity contribution in [2.45, 2.75) is 31.2 Å². The van der Waals surface area contributed by atoms with E-state index in [0.717, 1.165) is 29.6 Å². The van der Waals surface area contributed by atoms with E-state index in [0.29, 0.717) is 12.0 Å². The molecule has 2 rings (SSSR count). The maximum Gasteiger partial charge on any atom is 0.0749 e. The molecule has 0 spiro atoms. The minimum atomic E-state index is 0.353. The van der Waals surface area contributed by atoms with Gasteiger partial charge in [-0.3, -0.25) is 0 Å². The van der Waals surface area contributed by atoms with Crippen LogP contribution in [0.5, 0.6) is 0 Å². The number of alkyl halides is 1. The standard InChI is InChI=1S/C14H19BrClNO/c1-17(10-13-4-2-3-7-18-13)14-8-12(15)6-5-11(14)9-16/h5-6,8,13H,2-4,7,9-10H2,1H3. The first-order valence-electron chi connectivity index (χ1n) is 6.38. The van der Waals surface area contributed by atoms with Crippen molar-refractivity contribution < 1.29 is 4.74 Å². The van der Waals surface area contributed by atoms with Crippen molar-refractivity contribution in [3.05, 3.63) is 28.2 Å². The van der Waals surface area contributed by atoms with Crippen LogP contribution in [0.2, 0.25) is 0 Å². The van der Waals surface area contributed by atoms with Gasteiger partial charge in [0.1, 0.15) is 0 Å². The van der Waals surface area contributed by atoms with Gasteiger partial charge in [-0.2, -0.15) is 0 Å². The number of likely N-dealkylation sites (N-methyl/N-ethyl adjacent to an activating group) is 1. The number of ether oxygens (including phenoxy) is 1. The van der Waals surface area contributed by atoms with E-state index in [2.05, 4.69) is 40.0 Å². The molecule has 0 radical (unpaired) electrons. The third-order valence-corrected chi connectivity index (χ3v) is 4.14. The highest BCUT2D eigenvalue weighted by Gasteiger charge is 2.17. The third kappa shape index (κ3) is 3.62. The average Bonchev–Trinajstić information content (AvgIpc) is 2.40. The fourth-order valence-electron chi connectivity index (χ4n) is 2.36. The van der Waals surface area contributed by atoms with E-state index in [-0.39, 0.29) is 0 Å². The molecule has 0 bridgehead atoms. The summed E-state index contributed by atoms with van der Waals surface area (Å²) in [5, 5.41) is 0. The van der Waals surface area contributed by atoms with Crippen molar-refractivity contribution in [3.63, 3.8) is 0 Å². The fourth-order valence-corrected chi connectivity index (χ4v) is 2.94. The molecule has 1 heterocycles. The number of nitrogens with zero attached hydrogens (tertiary/aromatic N) is 1. The van der Waals surface area contributed by atoms with Crippen LogP contribution in [0.15, 0.2) is 22.7 Å². The van der Waals surface area contributed by atoms with Gasteiger partial charge in [0.15, 0.2) is 0 Å². The molecule has 2 nitrogen and oxygen atoms in total. The van der Waals surface area contributed by atoms with Crippen molar-refractivity contribution >= 4 is 33.2 Å². The van der Waals surface area contributed by atoms with E-state index in [9.17, 15) is 0 Å². The van der Waals surface area contributed by atoms with Crippen LogP contribution < -0.4 is 4.90 Å². The lowest BCUT2D eigenvalue weighted by Crippen LogP contribution is -2.33. The number of hydrogen-bond acceptors (Lipinski definition) is 2. The summed E-state index contributed by atoms with van der Waals surface area (Å²) in [5.41, 5.74) is 2.35. The van der Waals surface area contributed by atoms with Gasteiger partial charge in [-0.05, 0) is 37.0 Å². The SMILES string of the molecule is CN(CC1CCCCO1)c1cc(Br)ccc1CCl. The Kier molecular flexibility index (Phi) is 5.34. The zero-order valence-electron chi connectivity index (χ0n) is 10.7. The van der Waals surface area contributed by atoms with Crippen molar-refractivity contribution in [1.29, 1.82) is 0 Å². The Morgan fingerprint density at radius 3 is 2.94 bits per heavy atom. The van der Waals surface area contributed by atoms with Gasteiger partial charge in [0, 0.05) is 36.2 Å². The van der Waals surface area contributed by atoms with Crippen LogP contribution in [-0.4, -0.2) is 26.3 Å². The van der Waals surface area contributed by atoms with Crippen LogP contribution in [0, 0.1) is 0 Å². The van der Waals surface area contributed by atoms with Gasteiger partial charge in [-0.1, -0.05) is 22.0 Å². The lowest BCUT2D eigenvalue weighted by atomic mass is 10.1. The molecule has 1 unspecified atom stereocenters. The van der Waals surface area contributed by atoms with Crippen LogP contribution in [0.4, 0.5) is 5.69 Å². The molecule has 1 aromatic rings. The van der Waals surface area contributed by atoms with Gasteiger partial charge in [0.05, 0.1) is 6.10 Å². The summed E-state index contributed by atoms with van der Waals surface area (Å²) in [6.07, 6.45) is 3.99. The quantitative estimate of drug-likeness (QED) is 0.766. The topological polar surface area (TPSA) is 12.5 Å². The van der Waals surface area contributed by atoms with Crippen molar-refractivity contribution in [3.8, 4) is 0 Å². The molecule has 0 aromatic heterocycles. The van der Waals surface area contributed by atoms with Crippen LogP contribution in [-0.2, 0) is 10.6 Å². The molecule has 0 saturated carbocycles. The van der Waals surface area contributed by atoms with E-state index in [1.165, 1.54) is 18.5 Å². The molecule has 1 fully saturated rings. The molecule has 0 amide bonds. The predicted molar refractivity (Wildman–Crippen MR) is 80.6 cm³/mol. The molecule has 100 valence electrons. The second-order valence-corrected chi connectivity index (χ2v) is 5.96. The van der Waals surface area contributed by atoms with Gasteiger partial charge in [0.25, 0.3) is 0 Å². The second-order valence-electron chi connectivity index (χ2n) is 4.78. The Morgan fingerprint density at radius 2 is 2.28 bits per heavy atom. The van der Waals surface area contributed by atoms with Gasteiger partial charge >= 0.3 is 0 Å². The third-order valence-electron chi connectivity index (χ3n) is 3.35. The lowest BCUT2D eigenvalue weighted by Gasteiger charge is -2.29. The lowest BCUT2D eigenvalue weighted by molar-refractivity contribution is 0.0216. The molecule has 1 atom stereocenters. The smallest absolute Gasteiger partial charge is 0.0749 e. The van der Waals surface area contributed by atoms with Gasteiger partial charge in [-0.25, -0.2) is 0 Å². The summed E-state index contributed by atoms with van der Waals surface area (Å²) in [5.74, 6) is 0.540. The highest BCUT2D eigenvalue weighted by Crippen LogP contribution is 2.27. The van der Waals surface area contributed by atoms with Crippen LogP contribution in [0.25, 0.3) is 0 Å². The van der Waals surface area contributed by atoms with E-state index in [1.54, 1.807) is 0 Å². The number of hydrogen-bond donors (Lipinski definition) is 0. The number of halogens is 2. The Balaban J connectivity index is 2.07. The molecule has 1 saturated heterocycles.